The van der Waals surface area contributed by atoms with Crippen molar-refractivity contribution < 1.29 is 34.6 Å². The molecule has 4 atom stereocenters. The fourth-order valence-electron chi connectivity index (χ4n) is 4.31. The summed E-state index contributed by atoms with van der Waals surface area (Å²) in [6.45, 7) is 0.705. The van der Waals surface area contributed by atoms with E-state index in [0.717, 1.165) is 28.0 Å². The molecule has 4 rings (SSSR count). The third-order valence-electron chi connectivity index (χ3n) is 6.02. The van der Waals surface area contributed by atoms with E-state index in [2.05, 4.69) is 0 Å². The minimum atomic E-state index is -1.12. The van der Waals surface area contributed by atoms with Crippen molar-refractivity contribution in [3.63, 3.8) is 0 Å². The fourth-order valence-corrected chi connectivity index (χ4v) is 4.60. The van der Waals surface area contributed by atoms with Gasteiger partial charge in [0.05, 0.1) is 37.1 Å². The first-order valence-electron chi connectivity index (χ1n) is 10.9. The lowest BCUT2D eigenvalue weighted by atomic mass is 9.89. The summed E-state index contributed by atoms with van der Waals surface area (Å²) in [5, 5.41) is 39.4. The first kappa shape index (κ1) is 23.3. The van der Waals surface area contributed by atoms with Crippen LogP contribution in [0.4, 0.5) is 0 Å². The predicted octanol–water partition coefficient (Wildman–Crippen LogP) is 2.17. The molecule has 32 heavy (non-hydrogen) atoms. The Morgan fingerprint density at radius 1 is 1.12 bits per heavy atom. The summed E-state index contributed by atoms with van der Waals surface area (Å²) in [7, 11) is 0. The molecule has 2 aromatic rings. The van der Waals surface area contributed by atoms with Crippen LogP contribution in [0.25, 0.3) is 0 Å². The molecule has 0 radical (unpaired) electrons. The summed E-state index contributed by atoms with van der Waals surface area (Å²) in [4.78, 5) is 0. The highest BCUT2D eigenvalue weighted by molar-refractivity contribution is 6.33. The van der Waals surface area contributed by atoms with Crippen molar-refractivity contribution in [1.29, 1.82) is 0 Å². The Hall–Kier alpha value is -1.87. The van der Waals surface area contributed by atoms with Gasteiger partial charge < -0.3 is 34.6 Å². The fraction of sp³-hybridized carbons (Fsp3) is 0.500. The van der Waals surface area contributed by atoms with Gasteiger partial charge in [-0.2, -0.15) is 0 Å². The molecule has 1 saturated heterocycles. The Morgan fingerprint density at radius 2 is 1.91 bits per heavy atom. The third-order valence-corrected chi connectivity index (χ3v) is 6.43. The molecule has 0 saturated carbocycles. The second-order valence-electron chi connectivity index (χ2n) is 8.23. The Balaban J connectivity index is 1.59. The highest BCUT2D eigenvalue weighted by atomic mass is 35.5. The van der Waals surface area contributed by atoms with Gasteiger partial charge in [-0.05, 0) is 35.2 Å². The lowest BCUT2D eigenvalue weighted by molar-refractivity contribution is -0.181. The van der Waals surface area contributed by atoms with Crippen molar-refractivity contribution >= 4 is 11.6 Å². The van der Waals surface area contributed by atoms with Gasteiger partial charge in [0.15, 0.2) is 0 Å². The van der Waals surface area contributed by atoms with Crippen molar-refractivity contribution in [3.8, 4) is 11.5 Å². The maximum Gasteiger partial charge on any atom is 0.141 e. The monoisotopic (exact) mass is 464 g/mol. The second-order valence-corrected chi connectivity index (χ2v) is 8.61. The molecule has 0 aromatic heterocycles. The van der Waals surface area contributed by atoms with Gasteiger partial charge in [-0.25, -0.2) is 0 Å². The zero-order chi connectivity index (χ0) is 22.7. The number of fused-ring (bicyclic) bond motifs is 1. The van der Waals surface area contributed by atoms with Crippen molar-refractivity contribution in [1.82, 2.24) is 0 Å². The van der Waals surface area contributed by atoms with E-state index in [9.17, 15) is 15.3 Å². The highest BCUT2D eigenvalue weighted by Gasteiger charge is 2.39. The minimum absolute atomic E-state index is 0.0963. The van der Waals surface area contributed by atoms with Gasteiger partial charge in [0.2, 0.25) is 0 Å². The first-order chi connectivity index (χ1) is 15.5. The van der Waals surface area contributed by atoms with Crippen molar-refractivity contribution in [2.45, 2.75) is 50.1 Å². The van der Waals surface area contributed by atoms with Gasteiger partial charge in [0, 0.05) is 31.4 Å². The van der Waals surface area contributed by atoms with Gasteiger partial charge in [0.25, 0.3) is 0 Å². The number of benzene rings is 2. The Kier molecular flexibility index (Phi) is 7.55. The lowest BCUT2D eigenvalue weighted by Gasteiger charge is -2.37. The predicted molar refractivity (Wildman–Crippen MR) is 118 cm³/mol. The van der Waals surface area contributed by atoms with E-state index in [1.807, 2.05) is 30.3 Å². The molecule has 2 aromatic carbocycles. The van der Waals surface area contributed by atoms with Crippen LogP contribution in [-0.4, -0.2) is 65.2 Å². The Bertz CT molecular complexity index is 918. The Labute approximate surface area is 192 Å². The Morgan fingerprint density at radius 3 is 2.62 bits per heavy atom. The number of halogens is 1. The molecular formula is C24H29ClO7. The van der Waals surface area contributed by atoms with Crippen molar-refractivity contribution in [2.75, 3.05) is 26.4 Å². The molecule has 0 amide bonds. The molecule has 2 aliphatic rings. The molecule has 7 nitrogen and oxygen atoms in total. The molecule has 8 heteroatoms. The molecule has 4 unspecified atom stereocenters. The molecule has 0 bridgehead atoms. The zero-order valence-corrected chi connectivity index (χ0v) is 18.5. The van der Waals surface area contributed by atoms with E-state index in [4.69, 9.17) is 30.9 Å². The van der Waals surface area contributed by atoms with Gasteiger partial charge in [-0.3, -0.25) is 0 Å². The van der Waals surface area contributed by atoms with Crippen LogP contribution >= 0.6 is 11.6 Å². The SMILES string of the molecule is OCCCOc1ccc(Cc2cc(C3CC(O)C(O)C(CO)O3)c3c(c2Cl)OCC3)cc1. The van der Waals surface area contributed by atoms with Gasteiger partial charge >= 0.3 is 0 Å². The van der Waals surface area contributed by atoms with E-state index in [0.29, 0.717) is 43.2 Å². The number of aliphatic hydroxyl groups excluding tert-OH is 4. The van der Waals surface area contributed by atoms with Gasteiger partial charge in [-0.1, -0.05) is 29.8 Å². The highest BCUT2D eigenvalue weighted by Crippen LogP contribution is 2.44. The normalized spacial score (nSPS) is 24.8. The number of hydrogen-bond acceptors (Lipinski definition) is 7. The molecule has 2 aliphatic heterocycles. The summed E-state index contributed by atoms with van der Waals surface area (Å²) in [6, 6.07) is 9.71. The van der Waals surface area contributed by atoms with Crippen LogP contribution in [0.1, 0.15) is 41.2 Å². The van der Waals surface area contributed by atoms with Crippen LogP contribution in [0.5, 0.6) is 11.5 Å². The summed E-state index contributed by atoms with van der Waals surface area (Å²) < 4.78 is 17.4. The largest absolute Gasteiger partial charge is 0.494 e. The average Bonchev–Trinajstić information content (AvgIpc) is 3.29. The molecule has 4 N–H and O–H groups in total. The van der Waals surface area contributed by atoms with E-state index in [1.165, 1.54) is 0 Å². The first-order valence-corrected chi connectivity index (χ1v) is 11.3. The summed E-state index contributed by atoms with van der Waals surface area (Å²) in [5.41, 5.74) is 3.75. The summed E-state index contributed by atoms with van der Waals surface area (Å²) in [5.74, 6) is 1.39. The van der Waals surface area contributed by atoms with Crippen molar-refractivity contribution in [3.05, 3.63) is 57.6 Å². The van der Waals surface area contributed by atoms with Crippen LogP contribution in [0.15, 0.2) is 30.3 Å². The van der Waals surface area contributed by atoms with Crippen LogP contribution in [-0.2, 0) is 17.6 Å². The topological polar surface area (TPSA) is 109 Å². The maximum absolute atomic E-state index is 10.3. The molecule has 1 fully saturated rings. The smallest absolute Gasteiger partial charge is 0.141 e. The van der Waals surface area contributed by atoms with Crippen LogP contribution in [0.3, 0.4) is 0 Å². The number of aliphatic hydroxyl groups is 4. The standard InChI is InChI=1S/C24H29ClO7/c25-22-15(10-14-2-4-16(5-3-14)30-8-1-7-26)11-18(17-6-9-31-24(17)22)20-12-19(28)23(29)21(13-27)32-20/h2-5,11,19-21,23,26-29H,1,6-10,12-13H2. The quantitative estimate of drug-likeness (QED) is 0.443. The second kappa shape index (κ2) is 10.4. The van der Waals surface area contributed by atoms with E-state index < -0.39 is 24.4 Å². The van der Waals surface area contributed by atoms with E-state index >= 15 is 0 Å². The number of rotatable bonds is 8. The van der Waals surface area contributed by atoms with Crippen LogP contribution < -0.4 is 9.47 Å². The van der Waals surface area contributed by atoms with Gasteiger partial charge in [-0.15, -0.1) is 0 Å². The number of hydrogen-bond donors (Lipinski definition) is 4. The van der Waals surface area contributed by atoms with E-state index in [1.54, 1.807) is 0 Å². The summed E-state index contributed by atoms with van der Waals surface area (Å²) in [6.07, 6.45) is -1.36. The van der Waals surface area contributed by atoms with Crippen LogP contribution in [0, 0.1) is 0 Å². The van der Waals surface area contributed by atoms with E-state index in [-0.39, 0.29) is 19.6 Å². The molecule has 0 aliphatic carbocycles. The molecular weight excluding hydrogens is 436 g/mol. The van der Waals surface area contributed by atoms with Crippen LogP contribution in [0.2, 0.25) is 5.02 Å². The zero-order valence-electron chi connectivity index (χ0n) is 17.7. The molecule has 2 heterocycles. The molecule has 0 spiro atoms. The average molecular weight is 465 g/mol. The summed E-state index contributed by atoms with van der Waals surface area (Å²) >= 11 is 6.69. The third kappa shape index (κ3) is 4.88. The minimum Gasteiger partial charge on any atom is -0.494 e. The number of ether oxygens (including phenoxy) is 3. The maximum atomic E-state index is 10.3. The van der Waals surface area contributed by atoms with Gasteiger partial charge in [0.1, 0.15) is 23.7 Å². The lowest BCUT2D eigenvalue weighted by Crippen LogP contribution is -2.47. The van der Waals surface area contributed by atoms with Crippen molar-refractivity contribution in [2.24, 2.45) is 0 Å². The molecule has 174 valence electrons.